The second-order valence-corrected chi connectivity index (χ2v) is 3.01. The molecule has 1 saturated heterocycles. The highest BCUT2D eigenvalue weighted by molar-refractivity contribution is 5.40. The lowest BCUT2D eigenvalue weighted by molar-refractivity contribution is 0.534. The van der Waals surface area contributed by atoms with Gasteiger partial charge in [0, 0.05) is 31.9 Å². The van der Waals surface area contributed by atoms with Crippen molar-refractivity contribution in [1.29, 1.82) is 0 Å². The summed E-state index contributed by atoms with van der Waals surface area (Å²) in [6.45, 7) is 4.56. The average Bonchev–Trinajstić information content (AvgIpc) is 2.33. The Balaban J connectivity index is 0.000000146. The van der Waals surface area contributed by atoms with Gasteiger partial charge in [-0.25, -0.2) is 0 Å². The zero-order valence-electron chi connectivity index (χ0n) is 8.29. The lowest BCUT2D eigenvalue weighted by Crippen LogP contribution is -2.39. The molecule has 0 atom stereocenters. The molecule has 0 amide bonds. The van der Waals surface area contributed by atoms with Crippen molar-refractivity contribution in [2.45, 2.75) is 0 Å². The summed E-state index contributed by atoms with van der Waals surface area (Å²) in [6, 6.07) is 9.60. The highest BCUT2D eigenvalue weighted by Crippen LogP contribution is 2.00. The van der Waals surface area contributed by atoms with Gasteiger partial charge in [0.05, 0.1) is 0 Å². The van der Waals surface area contributed by atoms with Crippen molar-refractivity contribution in [1.82, 2.24) is 10.6 Å². The van der Waals surface area contributed by atoms with Gasteiger partial charge in [-0.3, -0.25) is 5.84 Å². The first-order valence-electron chi connectivity index (χ1n) is 4.86. The topological polar surface area (TPSA) is 62.1 Å². The fourth-order valence-corrected chi connectivity index (χ4v) is 1.14. The van der Waals surface area contributed by atoms with E-state index in [-0.39, 0.29) is 0 Å². The van der Waals surface area contributed by atoms with Crippen LogP contribution in [0.15, 0.2) is 30.3 Å². The van der Waals surface area contributed by atoms with Gasteiger partial charge in [0.25, 0.3) is 0 Å². The summed E-state index contributed by atoms with van der Waals surface area (Å²) in [5.41, 5.74) is 3.46. The summed E-state index contributed by atoms with van der Waals surface area (Å²) in [4.78, 5) is 0. The molecule has 5 N–H and O–H groups in total. The minimum atomic E-state index is 0.938. The lowest BCUT2D eigenvalue weighted by Gasteiger charge is -2.11. The molecule has 14 heavy (non-hydrogen) atoms. The molecular weight excluding hydrogens is 176 g/mol. The SMILES string of the molecule is C1CNCCN1.NNc1ccccc1. The second kappa shape index (κ2) is 7.32. The smallest absolute Gasteiger partial charge is 0.0485 e. The number of hydrazine groups is 1. The lowest BCUT2D eigenvalue weighted by atomic mass is 10.3. The van der Waals surface area contributed by atoms with E-state index in [0.29, 0.717) is 0 Å². The Kier molecular flexibility index (Phi) is 5.74. The molecule has 1 fully saturated rings. The maximum atomic E-state index is 5.10. The van der Waals surface area contributed by atoms with E-state index >= 15 is 0 Å². The van der Waals surface area contributed by atoms with Gasteiger partial charge in [0.2, 0.25) is 0 Å². The quantitative estimate of drug-likeness (QED) is 0.380. The molecule has 1 heterocycles. The number of nitrogens with one attached hydrogen (secondary N) is 3. The summed E-state index contributed by atoms with van der Waals surface area (Å²) in [5, 5.41) is 6.44. The van der Waals surface area contributed by atoms with Crippen LogP contribution in [0.1, 0.15) is 0 Å². The first kappa shape index (κ1) is 11.0. The Morgan fingerprint density at radius 1 is 0.929 bits per heavy atom. The molecule has 0 aliphatic carbocycles. The highest BCUT2D eigenvalue weighted by atomic mass is 15.2. The monoisotopic (exact) mass is 194 g/mol. The van der Waals surface area contributed by atoms with Crippen molar-refractivity contribution in [2.75, 3.05) is 31.6 Å². The molecule has 4 heteroatoms. The number of nitrogens with two attached hydrogens (primary N) is 1. The molecule has 0 spiro atoms. The molecule has 0 saturated carbocycles. The summed E-state index contributed by atoms with van der Waals surface area (Å²) in [6.07, 6.45) is 0. The zero-order valence-corrected chi connectivity index (χ0v) is 8.29. The Hall–Kier alpha value is -1.10. The van der Waals surface area contributed by atoms with Gasteiger partial charge in [-0.05, 0) is 12.1 Å². The molecule has 1 aliphatic rings. The fourth-order valence-electron chi connectivity index (χ4n) is 1.14. The largest absolute Gasteiger partial charge is 0.324 e. The number of piperazine rings is 1. The third-order valence-corrected chi connectivity index (χ3v) is 1.90. The van der Waals surface area contributed by atoms with E-state index in [9.17, 15) is 0 Å². The molecule has 0 radical (unpaired) electrons. The molecule has 2 rings (SSSR count). The molecule has 0 aromatic heterocycles. The van der Waals surface area contributed by atoms with Crippen LogP contribution in [0, 0.1) is 0 Å². The van der Waals surface area contributed by atoms with Gasteiger partial charge >= 0.3 is 0 Å². The molecule has 4 nitrogen and oxygen atoms in total. The van der Waals surface area contributed by atoms with Gasteiger partial charge in [-0.15, -0.1) is 0 Å². The van der Waals surface area contributed by atoms with Crippen LogP contribution in [0.25, 0.3) is 0 Å². The third-order valence-electron chi connectivity index (χ3n) is 1.90. The Morgan fingerprint density at radius 3 is 1.71 bits per heavy atom. The van der Waals surface area contributed by atoms with E-state index in [1.54, 1.807) is 0 Å². The van der Waals surface area contributed by atoms with Gasteiger partial charge < -0.3 is 16.1 Å². The first-order valence-corrected chi connectivity index (χ1v) is 4.86. The predicted octanol–water partition coefficient (Wildman–Crippen LogP) is 0.151. The van der Waals surface area contributed by atoms with Crippen molar-refractivity contribution in [2.24, 2.45) is 5.84 Å². The molecule has 78 valence electrons. The van der Waals surface area contributed by atoms with Crippen LogP contribution >= 0.6 is 0 Å². The molecule has 1 aliphatic heterocycles. The second-order valence-electron chi connectivity index (χ2n) is 3.01. The number of benzene rings is 1. The summed E-state index contributed by atoms with van der Waals surface area (Å²) in [7, 11) is 0. The van der Waals surface area contributed by atoms with Crippen LogP contribution in [-0.4, -0.2) is 26.2 Å². The van der Waals surface area contributed by atoms with E-state index in [2.05, 4.69) is 16.1 Å². The van der Waals surface area contributed by atoms with Gasteiger partial charge in [0.15, 0.2) is 0 Å². The van der Waals surface area contributed by atoms with Crippen molar-refractivity contribution in [3.63, 3.8) is 0 Å². The summed E-state index contributed by atoms with van der Waals surface area (Å²) in [5.74, 6) is 5.10. The Labute approximate surface area is 84.9 Å². The van der Waals surface area contributed by atoms with E-state index in [1.165, 1.54) is 0 Å². The first-order chi connectivity index (χ1) is 6.93. The van der Waals surface area contributed by atoms with E-state index in [4.69, 9.17) is 5.84 Å². The third kappa shape index (κ3) is 4.81. The number of hydrogen-bond donors (Lipinski definition) is 4. The van der Waals surface area contributed by atoms with Crippen molar-refractivity contribution < 1.29 is 0 Å². The number of nitrogen functional groups attached to an aromatic ring is 1. The van der Waals surface area contributed by atoms with E-state index < -0.39 is 0 Å². The van der Waals surface area contributed by atoms with Crippen LogP contribution in [-0.2, 0) is 0 Å². The minimum absolute atomic E-state index is 0.938. The predicted molar refractivity (Wildman–Crippen MR) is 60.0 cm³/mol. The van der Waals surface area contributed by atoms with E-state index in [0.717, 1.165) is 31.9 Å². The minimum Gasteiger partial charge on any atom is -0.324 e. The van der Waals surface area contributed by atoms with Crippen LogP contribution in [0.3, 0.4) is 0 Å². The van der Waals surface area contributed by atoms with Gasteiger partial charge in [0.1, 0.15) is 0 Å². The van der Waals surface area contributed by atoms with Crippen LogP contribution in [0.2, 0.25) is 0 Å². The number of hydrogen-bond acceptors (Lipinski definition) is 4. The fraction of sp³-hybridized carbons (Fsp3) is 0.400. The van der Waals surface area contributed by atoms with Crippen molar-refractivity contribution in [3.05, 3.63) is 30.3 Å². The number of para-hydroxylation sites is 1. The number of anilines is 1. The van der Waals surface area contributed by atoms with Gasteiger partial charge in [-0.1, -0.05) is 18.2 Å². The van der Waals surface area contributed by atoms with Crippen LogP contribution in [0.4, 0.5) is 5.69 Å². The molecule has 1 aromatic carbocycles. The summed E-state index contributed by atoms with van der Waals surface area (Å²) < 4.78 is 0. The Bertz CT molecular complexity index is 209. The average molecular weight is 194 g/mol. The number of rotatable bonds is 1. The molecule has 1 aromatic rings. The van der Waals surface area contributed by atoms with Gasteiger partial charge in [-0.2, -0.15) is 0 Å². The van der Waals surface area contributed by atoms with Crippen molar-refractivity contribution >= 4 is 5.69 Å². The normalized spacial score (nSPS) is 15.2. The summed E-state index contributed by atoms with van der Waals surface area (Å²) >= 11 is 0. The molecule has 0 bridgehead atoms. The molecular formula is C10H18N4. The van der Waals surface area contributed by atoms with E-state index in [1.807, 2.05) is 30.3 Å². The molecule has 0 unspecified atom stereocenters. The van der Waals surface area contributed by atoms with Crippen LogP contribution < -0.4 is 21.9 Å². The van der Waals surface area contributed by atoms with Crippen LogP contribution in [0.5, 0.6) is 0 Å². The highest BCUT2D eigenvalue weighted by Gasteiger charge is 1.91. The van der Waals surface area contributed by atoms with Crippen molar-refractivity contribution in [3.8, 4) is 0 Å². The standard InChI is InChI=1S/C6H8N2.C4H10N2/c7-8-6-4-2-1-3-5-6;1-2-6-4-3-5-1/h1-5,8H,7H2;5-6H,1-4H2. The zero-order chi connectivity index (χ0) is 10.1. The maximum absolute atomic E-state index is 5.10. The maximum Gasteiger partial charge on any atom is 0.0485 e. The Morgan fingerprint density at radius 2 is 1.43 bits per heavy atom.